The quantitative estimate of drug-likeness (QED) is 0.0272. The molecule has 0 saturated heterocycles. The van der Waals surface area contributed by atoms with Crippen LogP contribution in [0.25, 0.3) is 0 Å². The summed E-state index contributed by atoms with van der Waals surface area (Å²) in [5, 5.41) is 13.8. The Kier molecular flexibility index (Phi) is 44.8. The Morgan fingerprint density at radius 2 is 0.871 bits per heavy atom. The Morgan fingerprint density at radius 1 is 0.548 bits per heavy atom. The van der Waals surface area contributed by atoms with E-state index in [4.69, 9.17) is 9.05 Å². The number of amides is 1. The summed E-state index contributed by atoms with van der Waals surface area (Å²) in [6.45, 7) is 4.69. The average molecular weight is 899 g/mol. The van der Waals surface area contributed by atoms with Gasteiger partial charge in [-0.2, -0.15) is 0 Å². The number of carbonyl (C=O) groups is 1. The average Bonchev–Trinajstić information content (AvgIpc) is 3.23. The minimum absolute atomic E-state index is 0.00245. The molecule has 2 N–H and O–H groups in total. The van der Waals surface area contributed by atoms with Crippen molar-refractivity contribution < 1.29 is 32.9 Å². The van der Waals surface area contributed by atoms with Gasteiger partial charge in [0.25, 0.3) is 7.82 Å². The molecule has 0 fully saturated rings. The Morgan fingerprint density at radius 3 is 1.21 bits per heavy atom. The van der Waals surface area contributed by atoms with Crippen LogP contribution in [0, 0.1) is 0 Å². The van der Waals surface area contributed by atoms with Crippen molar-refractivity contribution in [1.29, 1.82) is 0 Å². The molecule has 0 radical (unpaired) electrons. The maximum Gasteiger partial charge on any atom is 0.268 e. The molecule has 0 aliphatic rings. The van der Waals surface area contributed by atoms with Crippen molar-refractivity contribution in [2.24, 2.45) is 0 Å². The third kappa shape index (κ3) is 47.2. The van der Waals surface area contributed by atoms with E-state index in [1.165, 1.54) is 212 Å². The lowest BCUT2D eigenvalue weighted by molar-refractivity contribution is -0.870. The van der Waals surface area contributed by atoms with Crippen LogP contribution in [0.1, 0.15) is 271 Å². The zero-order chi connectivity index (χ0) is 45.7. The fourth-order valence-corrected chi connectivity index (χ4v) is 8.94. The maximum absolute atomic E-state index is 12.9. The van der Waals surface area contributed by atoms with E-state index >= 15 is 0 Å². The van der Waals surface area contributed by atoms with Crippen molar-refractivity contribution >= 4 is 13.7 Å². The first-order valence-corrected chi connectivity index (χ1v) is 28.5. The van der Waals surface area contributed by atoms with Crippen LogP contribution in [-0.4, -0.2) is 68.5 Å². The molecule has 0 rings (SSSR count). The molecular formula is C53H107N2O6P. The molecule has 8 nitrogen and oxygen atoms in total. The van der Waals surface area contributed by atoms with E-state index in [0.29, 0.717) is 17.4 Å². The van der Waals surface area contributed by atoms with E-state index in [2.05, 4.69) is 19.2 Å². The first kappa shape index (κ1) is 61.2. The van der Waals surface area contributed by atoms with Gasteiger partial charge in [-0.25, -0.2) is 0 Å². The number of quaternary nitrogens is 1. The summed E-state index contributed by atoms with van der Waals surface area (Å²) in [5.41, 5.74) is 0. The molecule has 0 aromatic heterocycles. The lowest BCUT2D eigenvalue weighted by atomic mass is 10.0. The van der Waals surface area contributed by atoms with Crippen LogP contribution >= 0.6 is 7.82 Å². The third-order valence-corrected chi connectivity index (χ3v) is 13.5. The molecule has 3 unspecified atom stereocenters. The number of aliphatic hydroxyl groups is 1. The van der Waals surface area contributed by atoms with Gasteiger partial charge in [0.05, 0.1) is 39.9 Å². The van der Waals surface area contributed by atoms with Gasteiger partial charge in [-0.1, -0.05) is 257 Å². The Hall–Kier alpha value is -0.760. The number of carbonyl (C=O) groups excluding carboxylic acids is 1. The number of nitrogens with one attached hydrogen (secondary N) is 1. The zero-order valence-corrected chi connectivity index (χ0v) is 43.0. The molecule has 0 aliphatic carbocycles. The number of hydrogen-bond donors (Lipinski definition) is 2. The fourth-order valence-electron chi connectivity index (χ4n) is 8.21. The number of likely N-dealkylation sites (N-methyl/N-ethyl adjacent to an activating group) is 1. The topological polar surface area (TPSA) is 108 Å². The maximum atomic E-state index is 12.9. The van der Waals surface area contributed by atoms with E-state index in [0.717, 1.165) is 38.5 Å². The van der Waals surface area contributed by atoms with E-state index in [-0.39, 0.29) is 19.1 Å². The number of aliphatic hydroxyl groups excluding tert-OH is 1. The summed E-state index contributed by atoms with van der Waals surface area (Å²) in [6.07, 6.45) is 54.2. The Bertz CT molecular complexity index is 1020. The number of phosphoric ester groups is 1. The van der Waals surface area contributed by atoms with Gasteiger partial charge in [0.2, 0.25) is 5.91 Å². The minimum Gasteiger partial charge on any atom is -0.756 e. The largest absolute Gasteiger partial charge is 0.756 e. The number of hydrogen-bond acceptors (Lipinski definition) is 6. The van der Waals surface area contributed by atoms with E-state index in [1.54, 1.807) is 6.08 Å². The Balaban J connectivity index is 4.16. The normalized spacial score (nSPS) is 14.1. The SMILES string of the molecule is CCCCCCCCCCCCCCC/C=C/C(O)C(COP(=O)([O-])OCC[N+](C)(C)C)NC(=O)CCCCCCCCCCCCCCCCCCCCCCCCCCC. The van der Waals surface area contributed by atoms with Gasteiger partial charge in [-0.05, 0) is 19.3 Å². The van der Waals surface area contributed by atoms with Crippen molar-refractivity contribution in [2.75, 3.05) is 40.9 Å². The third-order valence-electron chi connectivity index (χ3n) is 12.5. The summed E-state index contributed by atoms with van der Waals surface area (Å²) in [4.78, 5) is 25.4. The van der Waals surface area contributed by atoms with Crippen LogP contribution in [-0.2, 0) is 18.4 Å². The summed E-state index contributed by atoms with van der Waals surface area (Å²) in [6, 6.07) is -0.881. The van der Waals surface area contributed by atoms with Gasteiger partial charge < -0.3 is 28.8 Å². The highest BCUT2D eigenvalue weighted by atomic mass is 31.2. The molecule has 0 heterocycles. The first-order chi connectivity index (χ1) is 30.0. The van der Waals surface area contributed by atoms with Crippen LogP contribution in [0.4, 0.5) is 0 Å². The smallest absolute Gasteiger partial charge is 0.268 e. The lowest BCUT2D eigenvalue weighted by Gasteiger charge is -2.29. The first-order valence-electron chi connectivity index (χ1n) is 27.1. The van der Waals surface area contributed by atoms with Crippen molar-refractivity contribution in [3.63, 3.8) is 0 Å². The highest BCUT2D eigenvalue weighted by Gasteiger charge is 2.23. The van der Waals surface area contributed by atoms with E-state index in [1.807, 2.05) is 27.2 Å². The number of rotatable bonds is 50. The van der Waals surface area contributed by atoms with Crippen LogP contribution < -0.4 is 10.2 Å². The summed E-state index contributed by atoms with van der Waals surface area (Å²) in [7, 11) is 1.28. The molecular weight excluding hydrogens is 792 g/mol. The number of nitrogens with zero attached hydrogens (tertiary/aromatic N) is 1. The van der Waals surface area contributed by atoms with Crippen molar-refractivity contribution in [3.05, 3.63) is 12.2 Å². The highest BCUT2D eigenvalue weighted by Crippen LogP contribution is 2.38. The minimum atomic E-state index is -4.59. The van der Waals surface area contributed by atoms with Crippen LogP contribution in [0.2, 0.25) is 0 Å². The van der Waals surface area contributed by atoms with Gasteiger partial charge in [-0.3, -0.25) is 9.36 Å². The summed E-state index contributed by atoms with van der Waals surface area (Å²) in [5.74, 6) is -0.191. The molecule has 0 aliphatic heterocycles. The Labute approximate surface area is 386 Å². The van der Waals surface area contributed by atoms with Gasteiger partial charge in [0.15, 0.2) is 0 Å². The lowest BCUT2D eigenvalue weighted by Crippen LogP contribution is -2.45. The molecule has 9 heteroatoms. The van der Waals surface area contributed by atoms with Gasteiger partial charge in [-0.15, -0.1) is 0 Å². The highest BCUT2D eigenvalue weighted by molar-refractivity contribution is 7.45. The summed E-state index contributed by atoms with van der Waals surface area (Å²) < 4.78 is 23.3. The van der Waals surface area contributed by atoms with Gasteiger partial charge in [0, 0.05) is 6.42 Å². The molecule has 0 saturated carbocycles. The monoisotopic (exact) mass is 899 g/mol. The van der Waals surface area contributed by atoms with Crippen LogP contribution in [0.15, 0.2) is 12.2 Å². The predicted molar refractivity (Wildman–Crippen MR) is 266 cm³/mol. The van der Waals surface area contributed by atoms with Crippen molar-refractivity contribution in [1.82, 2.24) is 5.32 Å². The zero-order valence-electron chi connectivity index (χ0n) is 42.1. The molecule has 3 atom stereocenters. The standard InChI is InChI=1S/C53H107N2O6P/c1-6-8-10-12-14-16-18-20-22-23-24-25-26-27-28-29-30-31-33-35-37-39-41-43-45-47-53(57)54-51(50-61-62(58,59)60-49-48-55(3,4)5)52(56)46-44-42-40-38-36-34-32-21-19-17-15-13-11-9-7-2/h44,46,51-52,56H,6-43,45,47-50H2,1-5H3,(H-,54,57,58,59)/b46-44+. The second-order valence-corrected chi connectivity index (χ2v) is 21.4. The van der Waals surface area contributed by atoms with Gasteiger partial charge >= 0.3 is 0 Å². The van der Waals surface area contributed by atoms with Crippen LogP contribution in [0.5, 0.6) is 0 Å². The van der Waals surface area contributed by atoms with Gasteiger partial charge in [0.1, 0.15) is 13.2 Å². The van der Waals surface area contributed by atoms with E-state index in [9.17, 15) is 19.4 Å². The number of unbranched alkanes of at least 4 members (excludes halogenated alkanes) is 37. The van der Waals surface area contributed by atoms with Crippen molar-refractivity contribution in [3.8, 4) is 0 Å². The molecule has 0 aromatic rings. The van der Waals surface area contributed by atoms with E-state index < -0.39 is 20.0 Å². The molecule has 0 aromatic carbocycles. The number of allylic oxidation sites excluding steroid dienone is 1. The fraction of sp³-hybridized carbons (Fsp3) is 0.943. The number of phosphoric acid groups is 1. The van der Waals surface area contributed by atoms with Crippen LogP contribution in [0.3, 0.4) is 0 Å². The second kappa shape index (κ2) is 45.4. The molecule has 62 heavy (non-hydrogen) atoms. The predicted octanol–water partition coefficient (Wildman–Crippen LogP) is 15.2. The second-order valence-electron chi connectivity index (χ2n) is 19.9. The molecule has 0 spiro atoms. The molecule has 1 amide bonds. The molecule has 0 bridgehead atoms. The van der Waals surface area contributed by atoms with Crippen molar-refractivity contribution in [2.45, 2.75) is 283 Å². The summed E-state index contributed by atoms with van der Waals surface area (Å²) >= 11 is 0. The molecule has 370 valence electrons.